The summed E-state index contributed by atoms with van der Waals surface area (Å²) >= 11 is 1.14. The summed E-state index contributed by atoms with van der Waals surface area (Å²) < 4.78 is 21.0. The third-order valence-electron chi connectivity index (χ3n) is 4.37. The van der Waals surface area contributed by atoms with E-state index in [2.05, 4.69) is 10.3 Å². The van der Waals surface area contributed by atoms with Crippen LogP contribution in [-0.2, 0) is 11.3 Å². The number of para-hydroxylation sites is 2. The second-order valence-electron chi connectivity index (χ2n) is 6.44. The van der Waals surface area contributed by atoms with E-state index >= 15 is 0 Å². The first kappa shape index (κ1) is 19.2. The molecule has 0 bridgehead atoms. The van der Waals surface area contributed by atoms with Gasteiger partial charge in [-0.1, -0.05) is 43.0 Å². The van der Waals surface area contributed by atoms with Gasteiger partial charge in [0.2, 0.25) is 11.5 Å². The van der Waals surface area contributed by atoms with Gasteiger partial charge in [0.1, 0.15) is 16.9 Å². The molecule has 148 valence electrons. The third kappa shape index (κ3) is 3.75. The molecule has 0 unspecified atom stereocenters. The van der Waals surface area contributed by atoms with Crippen molar-refractivity contribution in [1.82, 2.24) is 9.55 Å². The molecule has 8 heteroatoms. The number of amides is 1. The minimum Gasteiger partial charge on any atom is -0.448 e. The molecule has 1 amide bonds. The van der Waals surface area contributed by atoms with Crippen LogP contribution in [0.1, 0.15) is 13.3 Å². The maximum absolute atomic E-state index is 13.7. The molecule has 0 aliphatic heterocycles. The summed E-state index contributed by atoms with van der Waals surface area (Å²) in [5.74, 6) is -0.890. The molecular formula is C21H18FN3O3S. The van der Waals surface area contributed by atoms with Crippen molar-refractivity contribution < 1.29 is 13.6 Å². The van der Waals surface area contributed by atoms with Crippen LogP contribution in [0.25, 0.3) is 22.1 Å². The Kier molecular flexibility index (Phi) is 5.35. The third-order valence-corrected chi connectivity index (χ3v) is 5.35. The van der Waals surface area contributed by atoms with Crippen molar-refractivity contribution in [3.63, 3.8) is 0 Å². The highest BCUT2D eigenvalue weighted by molar-refractivity contribution is 7.99. The van der Waals surface area contributed by atoms with E-state index in [1.807, 2.05) is 25.1 Å². The lowest BCUT2D eigenvalue weighted by atomic mass is 10.2. The number of benzene rings is 2. The van der Waals surface area contributed by atoms with Gasteiger partial charge in [0, 0.05) is 11.9 Å². The molecule has 29 heavy (non-hydrogen) atoms. The summed E-state index contributed by atoms with van der Waals surface area (Å²) in [5, 5.41) is 3.72. The number of hydrogen-bond acceptors (Lipinski definition) is 5. The predicted molar refractivity (Wildman–Crippen MR) is 112 cm³/mol. The Morgan fingerprint density at radius 2 is 1.97 bits per heavy atom. The number of carbonyl (C=O) groups excluding carboxylic acids is 1. The monoisotopic (exact) mass is 411 g/mol. The van der Waals surface area contributed by atoms with Crippen molar-refractivity contribution in [2.24, 2.45) is 0 Å². The largest absolute Gasteiger partial charge is 0.448 e. The van der Waals surface area contributed by atoms with Crippen LogP contribution in [-0.4, -0.2) is 21.2 Å². The van der Waals surface area contributed by atoms with E-state index in [1.54, 1.807) is 18.2 Å². The van der Waals surface area contributed by atoms with Gasteiger partial charge < -0.3 is 9.73 Å². The Morgan fingerprint density at radius 3 is 2.76 bits per heavy atom. The molecule has 2 aromatic carbocycles. The highest BCUT2D eigenvalue weighted by atomic mass is 32.2. The Balaban J connectivity index is 1.66. The van der Waals surface area contributed by atoms with E-state index in [0.29, 0.717) is 22.8 Å². The fraction of sp³-hybridized carbons (Fsp3) is 0.190. The van der Waals surface area contributed by atoms with E-state index < -0.39 is 5.82 Å². The molecule has 0 radical (unpaired) electrons. The molecule has 1 N–H and O–H groups in total. The number of nitrogens with one attached hydrogen (secondary N) is 1. The molecule has 0 spiro atoms. The number of thioether (sulfide) groups is 1. The minimum atomic E-state index is -0.502. The van der Waals surface area contributed by atoms with E-state index in [-0.39, 0.29) is 28.5 Å². The molecule has 0 saturated heterocycles. The van der Waals surface area contributed by atoms with Gasteiger partial charge in [0.15, 0.2) is 5.16 Å². The lowest BCUT2D eigenvalue weighted by Crippen LogP contribution is -2.23. The summed E-state index contributed by atoms with van der Waals surface area (Å²) in [6, 6.07) is 13.3. The molecule has 0 aliphatic carbocycles. The standard InChI is InChI=1S/C21H18FN3O3S/c1-2-11-25-20(27)19-18(13-7-3-6-10-16(13)28-19)24-21(25)29-12-17(26)23-15-9-5-4-8-14(15)22/h3-10H,2,11-12H2,1H3,(H,23,26). The molecular weight excluding hydrogens is 393 g/mol. The molecule has 0 saturated carbocycles. The number of carbonyl (C=O) groups is 1. The lowest BCUT2D eigenvalue weighted by Gasteiger charge is -2.11. The zero-order chi connectivity index (χ0) is 20.4. The lowest BCUT2D eigenvalue weighted by molar-refractivity contribution is -0.113. The van der Waals surface area contributed by atoms with Gasteiger partial charge in [-0.25, -0.2) is 9.37 Å². The number of rotatable bonds is 6. The van der Waals surface area contributed by atoms with Gasteiger partial charge >= 0.3 is 0 Å². The summed E-state index contributed by atoms with van der Waals surface area (Å²) in [4.78, 5) is 29.9. The topological polar surface area (TPSA) is 77.1 Å². The first-order chi connectivity index (χ1) is 14.1. The zero-order valence-corrected chi connectivity index (χ0v) is 16.5. The van der Waals surface area contributed by atoms with Crippen LogP contribution in [0, 0.1) is 5.82 Å². The SMILES string of the molecule is CCCn1c(SCC(=O)Nc2ccccc2F)nc2c(oc3ccccc32)c1=O. The van der Waals surface area contributed by atoms with E-state index in [9.17, 15) is 14.0 Å². The number of furan rings is 1. The van der Waals surface area contributed by atoms with Gasteiger partial charge in [-0.05, 0) is 30.7 Å². The molecule has 0 aliphatic rings. The van der Waals surface area contributed by atoms with Crippen LogP contribution in [0.15, 0.2) is 62.9 Å². The maximum Gasteiger partial charge on any atom is 0.297 e. The number of nitrogens with zero attached hydrogens (tertiary/aromatic N) is 2. The van der Waals surface area contributed by atoms with Crippen molar-refractivity contribution in [1.29, 1.82) is 0 Å². The van der Waals surface area contributed by atoms with Crippen LogP contribution in [0.5, 0.6) is 0 Å². The molecule has 4 aromatic rings. The second-order valence-corrected chi connectivity index (χ2v) is 7.39. The summed E-state index contributed by atoms with van der Waals surface area (Å²) in [6.07, 6.45) is 0.725. The van der Waals surface area contributed by atoms with Crippen molar-refractivity contribution in [3.05, 3.63) is 64.7 Å². The summed E-state index contributed by atoms with van der Waals surface area (Å²) in [6.45, 7) is 2.41. The Hall–Kier alpha value is -3.13. The van der Waals surface area contributed by atoms with Crippen molar-refractivity contribution in [3.8, 4) is 0 Å². The first-order valence-corrected chi connectivity index (χ1v) is 10.2. The van der Waals surface area contributed by atoms with Crippen molar-refractivity contribution in [2.45, 2.75) is 25.0 Å². The Bertz CT molecular complexity index is 1270. The van der Waals surface area contributed by atoms with Crippen LogP contribution in [0.3, 0.4) is 0 Å². The second kappa shape index (κ2) is 8.08. The predicted octanol–water partition coefficient (Wildman–Crippen LogP) is 4.42. The minimum absolute atomic E-state index is 0.00816. The van der Waals surface area contributed by atoms with Gasteiger partial charge in [0.25, 0.3) is 5.56 Å². The molecule has 0 atom stereocenters. The van der Waals surface area contributed by atoms with Crippen LogP contribution < -0.4 is 10.9 Å². The maximum atomic E-state index is 13.7. The number of hydrogen-bond donors (Lipinski definition) is 1. The average Bonchev–Trinajstić information content (AvgIpc) is 3.09. The molecule has 6 nitrogen and oxygen atoms in total. The van der Waals surface area contributed by atoms with Crippen molar-refractivity contribution in [2.75, 3.05) is 11.1 Å². The molecule has 0 fully saturated rings. The highest BCUT2D eigenvalue weighted by Gasteiger charge is 2.18. The van der Waals surface area contributed by atoms with Crippen LogP contribution >= 0.6 is 11.8 Å². The number of anilines is 1. The van der Waals surface area contributed by atoms with Gasteiger partial charge in [-0.2, -0.15) is 0 Å². The Morgan fingerprint density at radius 1 is 1.21 bits per heavy atom. The fourth-order valence-electron chi connectivity index (χ4n) is 3.06. The highest BCUT2D eigenvalue weighted by Crippen LogP contribution is 2.27. The van der Waals surface area contributed by atoms with Crippen LogP contribution in [0.4, 0.5) is 10.1 Å². The van der Waals surface area contributed by atoms with E-state index in [1.165, 1.54) is 16.7 Å². The summed E-state index contributed by atoms with van der Waals surface area (Å²) in [7, 11) is 0. The van der Waals surface area contributed by atoms with Crippen LogP contribution in [0.2, 0.25) is 0 Å². The number of aromatic nitrogens is 2. The molecule has 4 rings (SSSR count). The van der Waals surface area contributed by atoms with E-state index in [0.717, 1.165) is 23.6 Å². The number of fused-ring (bicyclic) bond motifs is 3. The normalized spacial score (nSPS) is 11.2. The Labute approximate surface area is 169 Å². The summed E-state index contributed by atoms with van der Waals surface area (Å²) in [5.41, 5.74) is 1.13. The molecule has 2 aromatic heterocycles. The average molecular weight is 411 g/mol. The van der Waals surface area contributed by atoms with Gasteiger partial charge in [0.05, 0.1) is 11.4 Å². The van der Waals surface area contributed by atoms with Gasteiger partial charge in [-0.3, -0.25) is 14.2 Å². The molecule has 2 heterocycles. The van der Waals surface area contributed by atoms with Gasteiger partial charge in [-0.15, -0.1) is 0 Å². The zero-order valence-electron chi connectivity index (χ0n) is 15.6. The quantitative estimate of drug-likeness (QED) is 0.375. The number of halogens is 1. The first-order valence-electron chi connectivity index (χ1n) is 9.17. The van der Waals surface area contributed by atoms with E-state index in [4.69, 9.17) is 4.42 Å². The van der Waals surface area contributed by atoms with Crippen molar-refractivity contribution >= 4 is 45.4 Å². The smallest absolute Gasteiger partial charge is 0.297 e. The fourth-order valence-corrected chi connectivity index (χ4v) is 3.88.